The molecule has 5 nitrogen and oxygen atoms in total. The lowest BCUT2D eigenvalue weighted by molar-refractivity contribution is 0.0995. The number of ether oxygens (including phenoxy) is 1. The average Bonchev–Trinajstić information content (AvgIpc) is 2.58. The monoisotopic (exact) mass is 290 g/mol. The number of nitrogens with one attached hydrogen (secondary N) is 1. The number of hydrogen-bond acceptors (Lipinski definition) is 4. The van der Waals surface area contributed by atoms with Gasteiger partial charge in [0, 0.05) is 14.2 Å². The lowest BCUT2D eigenvalue weighted by Gasteiger charge is -2.21. The van der Waals surface area contributed by atoms with Crippen molar-refractivity contribution >= 4 is 15.9 Å². The molecule has 2 unspecified atom stereocenters. The number of hydrogen-bond donors (Lipinski definition) is 1. The van der Waals surface area contributed by atoms with E-state index in [1.807, 2.05) is 7.05 Å². The minimum Gasteiger partial charge on any atom is -0.382 e. The van der Waals surface area contributed by atoms with Crippen molar-refractivity contribution in [3.63, 3.8) is 0 Å². The Bertz CT molecular complexity index is 309. The molecule has 0 radical (unpaired) electrons. The zero-order valence-corrected chi connectivity index (χ0v) is 11.8. The molecule has 0 fully saturated rings. The molecule has 1 rings (SSSR count). The van der Waals surface area contributed by atoms with E-state index in [1.165, 1.54) is 0 Å². The molecule has 0 aliphatic rings. The second-order valence-electron chi connectivity index (χ2n) is 3.78. The van der Waals surface area contributed by atoms with Gasteiger partial charge in [-0.2, -0.15) is 0 Å². The summed E-state index contributed by atoms with van der Waals surface area (Å²) in [7, 11) is 3.62. The van der Waals surface area contributed by atoms with Crippen molar-refractivity contribution in [2.24, 2.45) is 7.05 Å². The molecular weight excluding hydrogens is 272 g/mol. The summed E-state index contributed by atoms with van der Waals surface area (Å²) in [6.07, 6.45) is 1.09. The van der Waals surface area contributed by atoms with Gasteiger partial charge in [-0.05, 0) is 35.8 Å². The molecule has 1 aromatic rings. The summed E-state index contributed by atoms with van der Waals surface area (Å²) < 4.78 is 7.89. The van der Waals surface area contributed by atoms with Crippen LogP contribution in [-0.4, -0.2) is 34.8 Å². The quantitative estimate of drug-likeness (QED) is 0.866. The van der Waals surface area contributed by atoms with E-state index in [2.05, 4.69) is 45.4 Å². The van der Waals surface area contributed by atoms with Gasteiger partial charge in [0.05, 0.1) is 17.8 Å². The Balaban J connectivity index is 2.84. The van der Waals surface area contributed by atoms with E-state index in [1.54, 1.807) is 11.8 Å². The van der Waals surface area contributed by atoms with Gasteiger partial charge in [-0.1, -0.05) is 12.1 Å². The van der Waals surface area contributed by atoms with Crippen molar-refractivity contribution in [1.29, 1.82) is 0 Å². The maximum atomic E-state index is 5.30. The molecule has 92 valence electrons. The zero-order chi connectivity index (χ0) is 12.1. The first-order valence-corrected chi connectivity index (χ1v) is 6.20. The lowest BCUT2D eigenvalue weighted by atomic mass is 10.1. The Morgan fingerprint density at radius 3 is 2.69 bits per heavy atom. The predicted molar refractivity (Wildman–Crippen MR) is 66.2 cm³/mol. The van der Waals surface area contributed by atoms with Gasteiger partial charge in [-0.15, -0.1) is 5.10 Å². The Kier molecular flexibility index (Phi) is 5.37. The number of aromatic nitrogens is 3. The third-order valence-corrected chi connectivity index (χ3v) is 3.14. The standard InChI is InChI=1S/C10H19BrN4O/c1-5-12-8(6-7(2)16-4)9-10(11)13-14-15(9)3/h7-8,12H,5-6H2,1-4H3. The van der Waals surface area contributed by atoms with Crippen LogP contribution in [0.4, 0.5) is 0 Å². The molecule has 1 aromatic heterocycles. The van der Waals surface area contributed by atoms with Gasteiger partial charge >= 0.3 is 0 Å². The Hall–Kier alpha value is -0.460. The van der Waals surface area contributed by atoms with E-state index in [9.17, 15) is 0 Å². The average molecular weight is 291 g/mol. The second-order valence-corrected chi connectivity index (χ2v) is 4.53. The fourth-order valence-electron chi connectivity index (χ4n) is 1.67. The van der Waals surface area contributed by atoms with Crippen molar-refractivity contribution in [2.45, 2.75) is 32.4 Å². The maximum absolute atomic E-state index is 5.30. The molecule has 6 heteroatoms. The number of nitrogens with zero attached hydrogens (tertiary/aromatic N) is 3. The van der Waals surface area contributed by atoms with Crippen LogP contribution in [0.1, 0.15) is 32.0 Å². The summed E-state index contributed by atoms with van der Waals surface area (Å²) in [6, 6.07) is 0.203. The van der Waals surface area contributed by atoms with Crippen LogP contribution < -0.4 is 5.32 Å². The summed E-state index contributed by atoms with van der Waals surface area (Å²) in [4.78, 5) is 0. The molecule has 0 aliphatic carbocycles. The number of halogens is 1. The smallest absolute Gasteiger partial charge is 0.153 e. The summed E-state index contributed by atoms with van der Waals surface area (Å²) in [5, 5.41) is 11.4. The van der Waals surface area contributed by atoms with Gasteiger partial charge < -0.3 is 10.1 Å². The van der Waals surface area contributed by atoms with E-state index >= 15 is 0 Å². The molecule has 1 N–H and O–H groups in total. The van der Waals surface area contributed by atoms with Gasteiger partial charge in [0.15, 0.2) is 4.60 Å². The van der Waals surface area contributed by atoms with Gasteiger partial charge in [-0.25, -0.2) is 4.68 Å². The number of aryl methyl sites for hydroxylation is 1. The fraction of sp³-hybridized carbons (Fsp3) is 0.800. The summed E-state index contributed by atoms with van der Waals surface area (Å²) in [6.45, 7) is 5.04. The minimum atomic E-state index is 0.200. The van der Waals surface area contributed by atoms with Gasteiger partial charge in [-0.3, -0.25) is 0 Å². The van der Waals surface area contributed by atoms with Crippen LogP contribution >= 0.6 is 15.9 Å². The molecule has 0 saturated heterocycles. The van der Waals surface area contributed by atoms with Gasteiger partial charge in [0.25, 0.3) is 0 Å². The second kappa shape index (κ2) is 6.32. The van der Waals surface area contributed by atoms with Gasteiger partial charge in [0.2, 0.25) is 0 Å². The highest BCUT2D eigenvalue weighted by Gasteiger charge is 2.21. The third-order valence-electron chi connectivity index (χ3n) is 2.58. The first kappa shape index (κ1) is 13.6. The topological polar surface area (TPSA) is 52.0 Å². The molecule has 0 amide bonds. The molecule has 0 bridgehead atoms. The molecule has 0 saturated carbocycles. The van der Waals surface area contributed by atoms with Crippen LogP contribution in [0.5, 0.6) is 0 Å². The van der Waals surface area contributed by atoms with Crippen LogP contribution in [0.15, 0.2) is 4.60 Å². The normalized spacial score (nSPS) is 15.1. The minimum absolute atomic E-state index is 0.200. The maximum Gasteiger partial charge on any atom is 0.153 e. The Morgan fingerprint density at radius 1 is 1.56 bits per heavy atom. The van der Waals surface area contributed by atoms with Crippen molar-refractivity contribution in [3.8, 4) is 0 Å². The van der Waals surface area contributed by atoms with Crippen LogP contribution in [-0.2, 0) is 11.8 Å². The molecule has 0 aromatic carbocycles. The molecule has 2 atom stereocenters. The molecule has 0 aliphatic heterocycles. The van der Waals surface area contributed by atoms with E-state index in [0.717, 1.165) is 23.3 Å². The van der Waals surface area contributed by atoms with Crippen molar-refractivity contribution in [1.82, 2.24) is 20.3 Å². The third kappa shape index (κ3) is 3.26. The summed E-state index contributed by atoms with van der Waals surface area (Å²) in [5.74, 6) is 0. The van der Waals surface area contributed by atoms with E-state index in [-0.39, 0.29) is 12.1 Å². The van der Waals surface area contributed by atoms with Crippen LogP contribution in [0, 0.1) is 0 Å². The van der Waals surface area contributed by atoms with Crippen LogP contribution in [0.2, 0.25) is 0 Å². The van der Waals surface area contributed by atoms with Crippen molar-refractivity contribution in [2.75, 3.05) is 13.7 Å². The van der Waals surface area contributed by atoms with Crippen molar-refractivity contribution in [3.05, 3.63) is 10.3 Å². The highest BCUT2D eigenvalue weighted by atomic mass is 79.9. The Morgan fingerprint density at radius 2 is 2.25 bits per heavy atom. The van der Waals surface area contributed by atoms with Crippen LogP contribution in [0.25, 0.3) is 0 Å². The summed E-state index contributed by atoms with van der Waals surface area (Å²) in [5.41, 5.74) is 1.06. The van der Waals surface area contributed by atoms with Gasteiger partial charge in [0.1, 0.15) is 0 Å². The summed E-state index contributed by atoms with van der Waals surface area (Å²) >= 11 is 3.42. The zero-order valence-electron chi connectivity index (χ0n) is 10.2. The van der Waals surface area contributed by atoms with Crippen molar-refractivity contribution < 1.29 is 4.74 Å². The Labute approximate surface area is 105 Å². The molecule has 1 heterocycles. The fourth-order valence-corrected chi connectivity index (χ4v) is 2.28. The SMILES string of the molecule is CCNC(CC(C)OC)c1c(Br)nnn1C. The first-order valence-electron chi connectivity index (χ1n) is 5.41. The number of methoxy groups -OCH3 is 1. The molecular formula is C10H19BrN4O. The van der Waals surface area contributed by atoms with E-state index < -0.39 is 0 Å². The van der Waals surface area contributed by atoms with Crippen LogP contribution in [0.3, 0.4) is 0 Å². The molecule has 0 spiro atoms. The predicted octanol–water partition coefficient (Wildman–Crippen LogP) is 1.65. The first-order chi connectivity index (χ1) is 7.60. The van der Waals surface area contributed by atoms with E-state index in [0.29, 0.717) is 0 Å². The molecule has 16 heavy (non-hydrogen) atoms. The largest absolute Gasteiger partial charge is 0.382 e. The number of rotatable bonds is 6. The highest BCUT2D eigenvalue weighted by Crippen LogP contribution is 2.24. The lowest BCUT2D eigenvalue weighted by Crippen LogP contribution is -2.27. The highest BCUT2D eigenvalue weighted by molar-refractivity contribution is 9.10. The van der Waals surface area contributed by atoms with E-state index in [4.69, 9.17) is 4.74 Å².